The Morgan fingerprint density at radius 1 is 1.53 bits per heavy atom. The predicted octanol–water partition coefficient (Wildman–Crippen LogP) is 2.61. The quantitative estimate of drug-likeness (QED) is 0.865. The Hall–Kier alpha value is -0.640. The van der Waals surface area contributed by atoms with Crippen molar-refractivity contribution in [3.63, 3.8) is 0 Å². The zero-order valence-electron chi connectivity index (χ0n) is 8.39. The van der Waals surface area contributed by atoms with Gasteiger partial charge in [-0.2, -0.15) is 0 Å². The predicted molar refractivity (Wildman–Crippen MR) is 55.3 cm³/mol. The molecule has 15 heavy (non-hydrogen) atoms. The fraction of sp³-hybridized carbons (Fsp3) is 0.455. The first-order valence-corrected chi connectivity index (χ1v) is 5.14. The van der Waals surface area contributed by atoms with Gasteiger partial charge in [0.25, 0.3) is 0 Å². The van der Waals surface area contributed by atoms with Gasteiger partial charge in [0.05, 0.1) is 12.2 Å². The van der Waals surface area contributed by atoms with Gasteiger partial charge in [-0.3, -0.25) is 0 Å². The SMILES string of the molecule is COCc1cc(Cl)cc(C2(O)CC2)c1F. The highest BCUT2D eigenvalue weighted by Gasteiger charge is 2.44. The standard InChI is InChI=1S/C11H12ClFO2/c1-15-6-7-4-8(12)5-9(10(7)13)11(14)2-3-11/h4-5,14H,2-3,6H2,1H3. The Morgan fingerprint density at radius 2 is 2.20 bits per heavy atom. The Labute approximate surface area is 92.6 Å². The van der Waals surface area contributed by atoms with E-state index in [1.807, 2.05) is 0 Å². The van der Waals surface area contributed by atoms with E-state index >= 15 is 0 Å². The van der Waals surface area contributed by atoms with Gasteiger partial charge in [-0.05, 0) is 25.0 Å². The van der Waals surface area contributed by atoms with Crippen LogP contribution in [0.5, 0.6) is 0 Å². The van der Waals surface area contributed by atoms with Crippen molar-refractivity contribution in [1.82, 2.24) is 0 Å². The average Bonchev–Trinajstić information content (AvgIpc) is 2.91. The molecule has 2 nitrogen and oxygen atoms in total. The molecule has 2 rings (SSSR count). The van der Waals surface area contributed by atoms with Crippen molar-refractivity contribution < 1.29 is 14.2 Å². The van der Waals surface area contributed by atoms with E-state index in [0.717, 1.165) is 0 Å². The third-order valence-corrected chi connectivity index (χ3v) is 2.86. The van der Waals surface area contributed by atoms with Crippen molar-refractivity contribution in [3.05, 3.63) is 34.1 Å². The summed E-state index contributed by atoms with van der Waals surface area (Å²) >= 11 is 5.86. The van der Waals surface area contributed by atoms with Crippen LogP contribution in [0.3, 0.4) is 0 Å². The van der Waals surface area contributed by atoms with Crippen molar-refractivity contribution in [2.75, 3.05) is 7.11 Å². The molecular weight excluding hydrogens is 219 g/mol. The molecule has 1 aromatic carbocycles. The number of methoxy groups -OCH3 is 1. The van der Waals surface area contributed by atoms with Crippen LogP contribution in [0.15, 0.2) is 12.1 Å². The van der Waals surface area contributed by atoms with E-state index in [2.05, 4.69) is 0 Å². The highest BCUT2D eigenvalue weighted by Crippen LogP contribution is 2.47. The number of benzene rings is 1. The number of ether oxygens (including phenoxy) is 1. The van der Waals surface area contributed by atoms with Gasteiger partial charge in [0.2, 0.25) is 0 Å². The van der Waals surface area contributed by atoms with E-state index in [1.54, 1.807) is 0 Å². The van der Waals surface area contributed by atoms with E-state index in [4.69, 9.17) is 16.3 Å². The van der Waals surface area contributed by atoms with E-state index in [1.165, 1.54) is 19.2 Å². The molecular formula is C11H12ClFO2. The molecule has 1 aromatic rings. The summed E-state index contributed by atoms with van der Waals surface area (Å²) in [6.45, 7) is 0.162. The van der Waals surface area contributed by atoms with Crippen molar-refractivity contribution in [2.45, 2.75) is 25.0 Å². The van der Waals surface area contributed by atoms with Gasteiger partial charge >= 0.3 is 0 Å². The number of hydrogen-bond acceptors (Lipinski definition) is 2. The molecule has 0 aliphatic heterocycles. The van der Waals surface area contributed by atoms with Crippen LogP contribution in [0.25, 0.3) is 0 Å². The van der Waals surface area contributed by atoms with Crippen LogP contribution in [-0.4, -0.2) is 12.2 Å². The van der Waals surface area contributed by atoms with Crippen molar-refractivity contribution >= 4 is 11.6 Å². The Morgan fingerprint density at radius 3 is 2.73 bits per heavy atom. The van der Waals surface area contributed by atoms with Gasteiger partial charge in [0.15, 0.2) is 0 Å². The Balaban J connectivity index is 2.45. The molecule has 0 heterocycles. The normalized spacial score (nSPS) is 17.9. The summed E-state index contributed by atoms with van der Waals surface area (Å²) in [4.78, 5) is 0. The lowest BCUT2D eigenvalue weighted by atomic mass is 10.0. The van der Waals surface area contributed by atoms with Crippen LogP contribution < -0.4 is 0 Å². The first kappa shape index (κ1) is 10.9. The third-order valence-electron chi connectivity index (χ3n) is 2.64. The van der Waals surface area contributed by atoms with Crippen LogP contribution in [0, 0.1) is 5.82 Å². The first-order chi connectivity index (χ1) is 7.07. The Bertz CT molecular complexity index is 388. The minimum absolute atomic E-state index is 0.162. The van der Waals surface area contributed by atoms with Gasteiger partial charge in [-0.1, -0.05) is 11.6 Å². The molecule has 0 spiro atoms. The average molecular weight is 231 g/mol. The topological polar surface area (TPSA) is 29.5 Å². The van der Waals surface area contributed by atoms with Gasteiger partial charge in [0, 0.05) is 23.3 Å². The smallest absolute Gasteiger partial charge is 0.134 e. The number of hydrogen-bond donors (Lipinski definition) is 1. The monoisotopic (exact) mass is 230 g/mol. The minimum atomic E-state index is -1.00. The first-order valence-electron chi connectivity index (χ1n) is 4.76. The molecule has 1 aliphatic rings. The summed E-state index contributed by atoms with van der Waals surface area (Å²) in [5.74, 6) is -0.402. The van der Waals surface area contributed by atoms with Crippen LogP contribution in [0.2, 0.25) is 5.02 Å². The second-order valence-electron chi connectivity index (χ2n) is 3.89. The number of aliphatic hydroxyl groups is 1. The van der Waals surface area contributed by atoms with Gasteiger partial charge in [-0.25, -0.2) is 4.39 Å². The lowest BCUT2D eigenvalue weighted by Gasteiger charge is -2.13. The fourth-order valence-corrected chi connectivity index (χ4v) is 1.87. The lowest BCUT2D eigenvalue weighted by Crippen LogP contribution is -2.09. The molecule has 1 N–H and O–H groups in total. The van der Waals surface area contributed by atoms with Crippen molar-refractivity contribution in [1.29, 1.82) is 0 Å². The van der Waals surface area contributed by atoms with Gasteiger partial charge < -0.3 is 9.84 Å². The summed E-state index contributed by atoms with van der Waals surface area (Å²) in [6, 6.07) is 3.01. The summed E-state index contributed by atoms with van der Waals surface area (Å²) in [6.07, 6.45) is 1.19. The summed E-state index contributed by atoms with van der Waals surface area (Å²) in [5.41, 5.74) is -0.320. The third kappa shape index (κ3) is 2.00. The van der Waals surface area contributed by atoms with Gasteiger partial charge in [0.1, 0.15) is 5.82 Å². The molecule has 1 fully saturated rings. The van der Waals surface area contributed by atoms with E-state index in [-0.39, 0.29) is 6.61 Å². The van der Waals surface area contributed by atoms with Gasteiger partial charge in [-0.15, -0.1) is 0 Å². The molecule has 82 valence electrons. The van der Waals surface area contributed by atoms with Crippen molar-refractivity contribution in [2.24, 2.45) is 0 Å². The number of rotatable bonds is 3. The van der Waals surface area contributed by atoms with Crippen LogP contribution in [-0.2, 0) is 16.9 Å². The van der Waals surface area contributed by atoms with E-state index in [9.17, 15) is 9.50 Å². The second-order valence-corrected chi connectivity index (χ2v) is 4.33. The maximum absolute atomic E-state index is 13.9. The molecule has 0 unspecified atom stereocenters. The van der Waals surface area contributed by atoms with E-state index < -0.39 is 11.4 Å². The van der Waals surface area contributed by atoms with Crippen LogP contribution in [0.1, 0.15) is 24.0 Å². The maximum atomic E-state index is 13.9. The Kier molecular flexibility index (Phi) is 2.71. The lowest BCUT2D eigenvalue weighted by molar-refractivity contribution is 0.144. The molecule has 0 saturated heterocycles. The zero-order chi connectivity index (χ0) is 11.1. The fourth-order valence-electron chi connectivity index (χ4n) is 1.63. The van der Waals surface area contributed by atoms with E-state index in [0.29, 0.717) is 29.0 Å². The molecule has 0 atom stereocenters. The molecule has 0 amide bonds. The van der Waals surface area contributed by atoms with Crippen LogP contribution in [0.4, 0.5) is 4.39 Å². The highest BCUT2D eigenvalue weighted by atomic mass is 35.5. The maximum Gasteiger partial charge on any atom is 0.134 e. The molecule has 0 radical (unpaired) electrons. The summed E-state index contributed by atoms with van der Waals surface area (Å²) in [7, 11) is 1.49. The molecule has 1 saturated carbocycles. The van der Waals surface area contributed by atoms with Crippen molar-refractivity contribution in [3.8, 4) is 0 Å². The molecule has 1 aliphatic carbocycles. The second kappa shape index (κ2) is 3.74. The molecule has 0 bridgehead atoms. The largest absolute Gasteiger partial charge is 0.385 e. The number of halogens is 2. The summed E-state index contributed by atoms with van der Waals surface area (Å²) in [5, 5.41) is 10.3. The molecule has 4 heteroatoms. The minimum Gasteiger partial charge on any atom is -0.385 e. The van der Waals surface area contributed by atoms with Crippen LogP contribution >= 0.6 is 11.6 Å². The molecule has 0 aromatic heterocycles. The highest BCUT2D eigenvalue weighted by molar-refractivity contribution is 6.30. The zero-order valence-corrected chi connectivity index (χ0v) is 9.14. The summed E-state index contributed by atoms with van der Waals surface area (Å²) < 4.78 is 18.7.